The lowest BCUT2D eigenvalue weighted by atomic mass is 10.1. The number of aryl methyl sites for hydroxylation is 1. The number of phenols is 1. The van der Waals surface area contributed by atoms with Gasteiger partial charge in [0.15, 0.2) is 0 Å². The molecule has 0 fully saturated rings. The summed E-state index contributed by atoms with van der Waals surface area (Å²) in [6, 6.07) is 6.63. The van der Waals surface area contributed by atoms with Crippen LogP contribution in [0, 0.1) is 18.3 Å². The van der Waals surface area contributed by atoms with Crippen LogP contribution in [-0.2, 0) is 0 Å². The highest BCUT2D eigenvalue weighted by atomic mass is 16.3. The normalized spacial score (nSPS) is 10.6. The summed E-state index contributed by atoms with van der Waals surface area (Å²) in [5, 5.41) is 20.8. The summed E-state index contributed by atoms with van der Waals surface area (Å²) in [7, 11) is 0. The number of phenolic OH excluding ortho intramolecular Hbond substituents is 1. The molecule has 0 aliphatic heterocycles. The van der Waals surface area contributed by atoms with Crippen LogP contribution in [0.15, 0.2) is 18.2 Å². The molecular weight excluding hydrogens is 204 g/mol. The van der Waals surface area contributed by atoms with Gasteiger partial charge in [-0.2, -0.15) is 5.26 Å². The smallest absolute Gasteiger partial charge is 0.252 e. The summed E-state index contributed by atoms with van der Waals surface area (Å²) in [6.45, 7) is 4.97. The van der Waals surface area contributed by atoms with Crippen molar-refractivity contribution in [2.75, 3.05) is 0 Å². The predicted molar refractivity (Wildman–Crippen MR) is 60.0 cm³/mol. The number of aromatic hydroxyl groups is 1. The fourth-order valence-electron chi connectivity index (χ4n) is 1.13. The molecule has 0 aliphatic rings. The summed E-state index contributed by atoms with van der Waals surface area (Å²) in [4.78, 5) is 11.7. The van der Waals surface area contributed by atoms with Crippen molar-refractivity contribution in [3.05, 3.63) is 29.3 Å². The molecule has 0 saturated heterocycles. The van der Waals surface area contributed by atoms with E-state index in [1.165, 1.54) is 6.07 Å². The second kappa shape index (κ2) is 4.23. The lowest BCUT2D eigenvalue weighted by Gasteiger charge is -2.17. The van der Waals surface area contributed by atoms with Gasteiger partial charge in [0.1, 0.15) is 11.3 Å². The number of nitriles is 1. The van der Waals surface area contributed by atoms with E-state index in [4.69, 9.17) is 5.26 Å². The van der Waals surface area contributed by atoms with Gasteiger partial charge in [-0.15, -0.1) is 0 Å². The topological polar surface area (TPSA) is 73.1 Å². The average molecular weight is 218 g/mol. The van der Waals surface area contributed by atoms with Crippen LogP contribution in [0.5, 0.6) is 5.75 Å². The zero-order valence-corrected chi connectivity index (χ0v) is 9.53. The lowest BCUT2D eigenvalue weighted by Crippen LogP contribution is -2.42. The number of rotatable bonds is 2. The van der Waals surface area contributed by atoms with Crippen molar-refractivity contribution in [1.82, 2.24) is 5.32 Å². The Balaban J connectivity index is 2.91. The minimum atomic E-state index is -0.919. The highest BCUT2D eigenvalue weighted by Gasteiger charge is 2.20. The van der Waals surface area contributed by atoms with E-state index in [2.05, 4.69) is 5.32 Å². The number of carbonyl (C=O) groups excluding carboxylic acids is 1. The van der Waals surface area contributed by atoms with E-state index in [0.717, 1.165) is 0 Å². The summed E-state index contributed by atoms with van der Waals surface area (Å²) in [6.07, 6.45) is 0. The molecule has 16 heavy (non-hydrogen) atoms. The van der Waals surface area contributed by atoms with E-state index in [-0.39, 0.29) is 11.7 Å². The van der Waals surface area contributed by atoms with Crippen LogP contribution >= 0.6 is 0 Å². The molecule has 0 spiro atoms. The van der Waals surface area contributed by atoms with Gasteiger partial charge in [0.2, 0.25) is 0 Å². The fraction of sp³-hybridized carbons (Fsp3) is 0.333. The Morgan fingerprint density at radius 1 is 1.50 bits per heavy atom. The van der Waals surface area contributed by atoms with Gasteiger partial charge in [0.25, 0.3) is 5.91 Å². The van der Waals surface area contributed by atoms with Crippen molar-refractivity contribution in [2.45, 2.75) is 26.3 Å². The molecule has 1 amide bonds. The van der Waals surface area contributed by atoms with E-state index in [1.54, 1.807) is 32.9 Å². The van der Waals surface area contributed by atoms with Crippen LogP contribution in [0.3, 0.4) is 0 Å². The van der Waals surface area contributed by atoms with Gasteiger partial charge in [-0.05, 0) is 38.5 Å². The molecule has 0 unspecified atom stereocenters. The number of benzene rings is 1. The first kappa shape index (κ1) is 12.1. The van der Waals surface area contributed by atoms with E-state index in [1.807, 2.05) is 6.07 Å². The minimum absolute atomic E-state index is 0.0717. The summed E-state index contributed by atoms with van der Waals surface area (Å²) in [5.41, 5.74) is 0.125. The van der Waals surface area contributed by atoms with Crippen molar-refractivity contribution in [3.8, 4) is 11.8 Å². The molecule has 0 aliphatic carbocycles. The van der Waals surface area contributed by atoms with Gasteiger partial charge < -0.3 is 10.4 Å². The number of amides is 1. The van der Waals surface area contributed by atoms with Crippen LogP contribution < -0.4 is 5.32 Å². The maximum atomic E-state index is 11.7. The third-order valence-electron chi connectivity index (χ3n) is 2.18. The molecule has 84 valence electrons. The van der Waals surface area contributed by atoms with Gasteiger partial charge >= 0.3 is 0 Å². The first-order valence-corrected chi connectivity index (χ1v) is 4.89. The largest absolute Gasteiger partial charge is 0.508 e. The zero-order valence-electron chi connectivity index (χ0n) is 9.53. The molecule has 0 radical (unpaired) electrons. The third-order valence-corrected chi connectivity index (χ3v) is 2.18. The minimum Gasteiger partial charge on any atom is -0.508 e. The van der Waals surface area contributed by atoms with Gasteiger partial charge in [-0.1, -0.05) is 6.07 Å². The Morgan fingerprint density at radius 2 is 2.12 bits per heavy atom. The Hall–Kier alpha value is -2.02. The third kappa shape index (κ3) is 2.74. The zero-order chi connectivity index (χ0) is 12.3. The highest BCUT2D eigenvalue weighted by molar-refractivity contribution is 5.95. The first-order valence-electron chi connectivity index (χ1n) is 4.89. The molecule has 1 rings (SSSR count). The van der Waals surface area contributed by atoms with Crippen LogP contribution in [0.1, 0.15) is 29.8 Å². The van der Waals surface area contributed by atoms with Gasteiger partial charge in [-0.3, -0.25) is 4.79 Å². The molecule has 1 aromatic rings. The second-order valence-corrected chi connectivity index (χ2v) is 4.19. The maximum Gasteiger partial charge on any atom is 0.252 e. The van der Waals surface area contributed by atoms with Crippen molar-refractivity contribution in [1.29, 1.82) is 5.26 Å². The first-order chi connectivity index (χ1) is 7.35. The average Bonchev–Trinajstić information content (AvgIpc) is 2.21. The van der Waals surface area contributed by atoms with Gasteiger partial charge in [0.05, 0.1) is 6.07 Å². The molecule has 0 bridgehead atoms. The fourth-order valence-corrected chi connectivity index (χ4v) is 1.13. The molecular formula is C12H14N2O2. The molecule has 4 heteroatoms. The molecule has 0 aromatic heterocycles. The summed E-state index contributed by atoms with van der Waals surface area (Å²) in [5.74, 6) is -0.302. The number of nitrogens with zero attached hydrogens (tertiary/aromatic N) is 1. The molecule has 1 aromatic carbocycles. The SMILES string of the molecule is Cc1ccc(C(=O)NC(C)(C)C#N)cc1O. The highest BCUT2D eigenvalue weighted by Crippen LogP contribution is 2.17. The Kier molecular flexibility index (Phi) is 3.19. The number of hydrogen-bond acceptors (Lipinski definition) is 3. The van der Waals surface area contributed by atoms with Crippen LogP contribution in [0.25, 0.3) is 0 Å². The quantitative estimate of drug-likeness (QED) is 0.794. The molecule has 4 nitrogen and oxygen atoms in total. The summed E-state index contributed by atoms with van der Waals surface area (Å²) >= 11 is 0. The van der Waals surface area contributed by atoms with E-state index in [9.17, 15) is 9.90 Å². The molecule has 0 heterocycles. The standard InChI is InChI=1S/C12H14N2O2/c1-8-4-5-9(6-10(8)15)11(16)14-12(2,3)7-13/h4-6,15H,1-3H3,(H,14,16). The van der Waals surface area contributed by atoms with Crippen molar-refractivity contribution in [3.63, 3.8) is 0 Å². The Morgan fingerprint density at radius 3 is 2.62 bits per heavy atom. The van der Waals surface area contributed by atoms with E-state index < -0.39 is 5.54 Å². The van der Waals surface area contributed by atoms with Crippen LogP contribution in [0.4, 0.5) is 0 Å². The Bertz CT molecular complexity index is 459. The lowest BCUT2D eigenvalue weighted by molar-refractivity contribution is 0.0929. The van der Waals surface area contributed by atoms with E-state index >= 15 is 0 Å². The van der Waals surface area contributed by atoms with Gasteiger partial charge in [-0.25, -0.2) is 0 Å². The predicted octanol–water partition coefficient (Wildman–Crippen LogP) is 1.73. The molecule has 0 atom stereocenters. The maximum absolute atomic E-state index is 11.7. The van der Waals surface area contributed by atoms with Crippen molar-refractivity contribution in [2.24, 2.45) is 0 Å². The second-order valence-electron chi connectivity index (χ2n) is 4.19. The van der Waals surface area contributed by atoms with E-state index in [0.29, 0.717) is 11.1 Å². The summed E-state index contributed by atoms with van der Waals surface area (Å²) < 4.78 is 0. The molecule has 2 N–H and O–H groups in total. The van der Waals surface area contributed by atoms with Crippen LogP contribution in [-0.4, -0.2) is 16.6 Å². The van der Waals surface area contributed by atoms with Crippen molar-refractivity contribution < 1.29 is 9.90 Å². The van der Waals surface area contributed by atoms with Crippen molar-refractivity contribution >= 4 is 5.91 Å². The molecule has 0 saturated carbocycles. The number of carbonyl (C=O) groups is 1. The number of hydrogen-bond donors (Lipinski definition) is 2. The van der Waals surface area contributed by atoms with Crippen LogP contribution in [0.2, 0.25) is 0 Å². The Labute approximate surface area is 94.5 Å². The number of nitrogens with one attached hydrogen (secondary N) is 1. The monoisotopic (exact) mass is 218 g/mol. The van der Waals surface area contributed by atoms with Gasteiger partial charge in [0, 0.05) is 5.56 Å².